The van der Waals surface area contributed by atoms with Gasteiger partial charge >= 0.3 is 5.97 Å². The zero-order valence-corrected chi connectivity index (χ0v) is 18.5. The topological polar surface area (TPSA) is 214 Å². The lowest BCUT2D eigenvalue weighted by atomic mass is 10.0. The lowest BCUT2D eigenvalue weighted by Gasteiger charge is -2.24. The summed E-state index contributed by atoms with van der Waals surface area (Å²) >= 11 is 0. The van der Waals surface area contributed by atoms with Gasteiger partial charge in [0.15, 0.2) is 6.04 Å². The van der Waals surface area contributed by atoms with Crippen LogP contribution in [0, 0.1) is 0 Å². The van der Waals surface area contributed by atoms with Crippen LogP contribution in [0.4, 0.5) is 0 Å². The molecule has 12 heteroatoms. The third-order valence-corrected chi connectivity index (χ3v) is 4.75. The number of primary amides is 1. The van der Waals surface area contributed by atoms with Crippen molar-refractivity contribution >= 4 is 29.6 Å². The Morgan fingerprint density at radius 3 is 2.06 bits per heavy atom. The summed E-state index contributed by atoms with van der Waals surface area (Å²) in [5, 5.41) is 25.9. The molecule has 0 spiro atoms. The number of carboxylic acid groups (broad SMARTS) is 1. The van der Waals surface area contributed by atoms with Crippen LogP contribution in [0.2, 0.25) is 0 Å². The molecule has 5 unspecified atom stereocenters. The first-order valence-electron chi connectivity index (χ1n) is 10.3. The molecule has 0 saturated heterocycles. The summed E-state index contributed by atoms with van der Waals surface area (Å²) in [6, 6.07) is 3.77. The summed E-state index contributed by atoms with van der Waals surface area (Å²) in [6.07, 6.45) is -1.43. The molecule has 4 amide bonds. The number of carboxylic acids is 1. The first kappa shape index (κ1) is 27.5. The largest absolute Gasteiger partial charge is 0.480 e. The molecule has 9 N–H and O–H groups in total. The molecule has 12 nitrogen and oxygen atoms in total. The van der Waals surface area contributed by atoms with Crippen molar-refractivity contribution in [3.63, 3.8) is 0 Å². The van der Waals surface area contributed by atoms with Gasteiger partial charge in [-0.15, -0.1) is 0 Å². The van der Waals surface area contributed by atoms with E-state index in [1.54, 1.807) is 30.3 Å². The maximum atomic E-state index is 12.8. The molecule has 5 atom stereocenters. The van der Waals surface area contributed by atoms with Gasteiger partial charge in [0.1, 0.15) is 12.1 Å². The van der Waals surface area contributed by atoms with Gasteiger partial charge in [-0.2, -0.15) is 0 Å². The highest BCUT2D eigenvalue weighted by atomic mass is 16.4. The Labute approximate surface area is 191 Å². The van der Waals surface area contributed by atoms with Crippen LogP contribution >= 0.6 is 0 Å². The first-order valence-corrected chi connectivity index (χ1v) is 10.3. The van der Waals surface area contributed by atoms with Gasteiger partial charge in [0.2, 0.25) is 23.6 Å². The lowest BCUT2D eigenvalue weighted by Crippen LogP contribution is -2.58. The van der Waals surface area contributed by atoms with Crippen LogP contribution in [0.25, 0.3) is 0 Å². The van der Waals surface area contributed by atoms with Crippen LogP contribution in [-0.2, 0) is 30.4 Å². The van der Waals surface area contributed by atoms with E-state index in [0.29, 0.717) is 5.56 Å². The number of aliphatic hydroxyl groups excluding tert-OH is 1. The molecule has 0 aliphatic carbocycles. The number of hydrogen-bond acceptors (Lipinski definition) is 7. The number of hydrogen-bond donors (Lipinski definition) is 7. The molecule has 0 aliphatic heterocycles. The Morgan fingerprint density at radius 2 is 1.55 bits per heavy atom. The van der Waals surface area contributed by atoms with Gasteiger partial charge < -0.3 is 37.6 Å². The van der Waals surface area contributed by atoms with Crippen molar-refractivity contribution in [1.82, 2.24) is 16.0 Å². The monoisotopic (exact) mass is 465 g/mol. The van der Waals surface area contributed by atoms with E-state index in [4.69, 9.17) is 11.5 Å². The molecule has 33 heavy (non-hydrogen) atoms. The van der Waals surface area contributed by atoms with E-state index in [1.807, 2.05) is 0 Å². The number of benzene rings is 1. The number of nitrogens with two attached hydrogens (primary N) is 2. The number of aliphatic carboxylic acids is 1. The molecular formula is C21H31N5O7. The highest BCUT2D eigenvalue weighted by Crippen LogP contribution is 2.06. The molecule has 0 aromatic heterocycles. The van der Waals surface area contributed by atoms with Crippen LogP contribution in [0.15, 0.2) is 30.3 Å². The highest BCUT2D eigenvalue weighted by Gasteiger charge is 2.31. The first-order chi connectivity index (χ1) is 15.4. The molecule has 0 aliphatic rings. The number of nitrogens with one attached hydrogen (secondary N) is 3. The van der Waals surface area contributed by atoms with Gasteiger partial charge in [-0.3, -0.25) is 19.2 Å². The fourth-order valence-electron chi connectivity index (χ4n) is 2.81. The van der Waals surface area contributed by atoms with Crippen LogP contribution in [0.1, 0.15) is 32.3 Å². The van der Waals surface area contributed by atoms with Gasteiger partial charge in [-0.05, 0) is 25.8 Å². The average molecular weight is 466 g/mol. The van der Waals surface area contributed by atoms with Crippen molar-refractivity contribution in [2.45, 2.75) is 63.4 Å². The molecule has 0 bridgehead atoms. The molecule has 0 saturated carbocycles. The maximum Gasteiger partial charge on any atom is 0.328 e. The van der Waals surface area contributed by atoms with Gasteiger partial charge in [0.05, 0.1) is 12.1 Å². The Balaban J connectivity index is 2.89. The Kier molecular flexibility index (Phi) is 11.0. The smallest absolute Gasteiger partial charge is 0.328 e. The van der Waals surface area contributed by atoms with Crippen molar-refractivity contribution in [1.29, 1.82) is 0 Å². The standard InChI is InChI=1S/C21H31N5O7/c1-11(24-19(30)14(22)8-9-16(23)28)18(29)25-15(10-13-6-4-3-5-7-13)20(31)26-17(12(2)27)21(32)33/h3-7,11-12,14-15,17,27H,8-10,22H2,1-2H3,(H2,23,28)(H,24,30)(H,25,29)(H,26,31)(H,32,33). The minimum Gasteiger partial charge on any atom is -0.480 e. The Hall–Kier alpha value is -3.51. The predicted octanol–water partition coefficient (Wildman–Crippen LogP) is -2.24. The molecule has 0 fully saturated rings. The van der Waals surface area contributed by atoms with Crippen molar-refractivity contribution < 1.29 is 34.2 Å². The number of rotatable bonds is 13. The van der Waals surface area contributed by atoms with Crippen molar-refractivity contribution in [2.75, 3.05) is 0 Å². The van der Waals surface area contributed by atoms with Crippen molar-refractivity contribution in [3.8, 4) is 0 Å². The lowest BCUT2D eigenvalue weighted by molar-refractivity contribution is -0.145. The second-order valence-corrected chi connectivity index (χ2v) is 7.66. The number of amides is 4. The minimum absolute atomic E-state index is 0.00443. The zero-order chi connectivity index (χ0) is 25.1. The van der Waals surface area contributed by atoms with Crippen LogP contribution in [0.3, 0.4) is 0 Å². The summed E-state index contributed by atoms with van der Waals surface area (Å²) < 4.78 is 0. The van der Waals surface area contributed by atoms with E-state index >= 15 is 0 Å². The van der Waals surface area contributed by atoms with Gasteiger partial charge in [0.25, 0.3) is 0 Å². The Morgan fingerprint density at radius 1 is 0.939 bits per heavy atom. The summed E-state index contributed by atoms with van der Waals surface area (Å²) in [7, 11) is 0. The number of aliphatic hydroxyl groups is 1. The molecule has 0 radical (unpaired) electrons. The minimum atomic E-state index is -1.58. The van der Waals surface area contributed by atoms with Crippen LogP contribution in [-0.4, -0.2) is 70.1 Å². The van der Waals surface area contributed by atoms with Gasteiger partial charge in [-0.1, -0.05) is 30.3 Å². The third-order valence-electron chi connectivity index (χ3n) is 4.75. The quantitative estimate of drug-likeness (QED) is 0.169. The second kappa shape index (κ2) is 13.1. The SMILES string of the molecule is CC(NC(=O)C(N)CCC(N)=O)C(=O)NC(Cc1ccccc1)C(=O)NC(C(=O)O)C(C)O. The fourth-order valence-corrected chi connectivity index (χ4v) is 2.81. The van der Waals surface area contributed by atoms with E-state index in [9.17, 15) is 34.2 Å². The van der Waals surface area contributed by atoms with E-state index < -0.39 is 59.9 Å². The van der Waals surface area contributed by atoms with E-state index in [1.165, 1.54) is 13.8 Å². The van der Waals surface area contributed by atoms with Gasteiger partial charge in [0, 0.05) is 12.8 Å². The van der Waals surface area contributed by atoms with Crippen LogP contribution in [0.5, 0.6) is 0 Å². The van der Waals surface area contributed by atoms with Crippen molar-refractivity contribution in [3.05, 3.63) is 35.9 Å². The molecular weight excluding hydrogens is 434 g/mol. The van der Waals surface area contributed by atoms with E-state index in [2.05, 4.69) is 16.0 Å². The molecule has 1 aromatic rings. The Bertz CT molecular complexity index is 847. The average Bonchev–Trinajstić information content (AvgIpc) is 2.74. The molecule has 182 valence electrons. The highest BCUT2D eigenvalue weighted by molar-refractivity contribution is 5.94. The summed E-state index contributed by atoms with van der Waals surface area (Å²) in [6.45, 7) is 2.59. The molecule has 0 heterocycles. The fraction of sp³-hybridized carbons (Fsp3) is 0.476. The predicted molar refractivity (Wildman–Crippen MR) is 117 cm³/mol. The summed E-state index contributed by atoms with van der Waals surface area (Å²) in [5.41, 5.74) is 11.4. The number of carbonyl (C=O) groups excluding carboxylic acids is 4. The van der Waals surface area contributed by atoms with Gasteiger partial charge in [-0.25, -0.2) is 4.79 Å². The number of carbonyl (C=O) groups is 5. The zero-order valence-electron chi connectivity index (χ0n) is 18.5. The summed E-state index contributed by atoms with van der Waals surface area (Å²) in [5.74, 6) is -4.27. The maximum absolute atomic E-state index is 12.8. The third kappa shape index (κ3) is 9.66. The molecule has 1 aromatic carbocycles. The van der Waals surface area contributed by atoms with Crippen LogP contribution < -0.4 is 27.4 Å². The normalized spacial score (nSPS) is 15.3. The molecule has 1 rings (SSSR count). The summed E-state index contributed by atoms with van der Waals surface area (Å²) in [4.78, 5) is 59.7. The van der Waals surface area contributed by atoms with E-state index in [-0.39, 0.29) is 19.3 Å². The van der Waals surface area contributed by atoms with E-state index in [0.717, 1.165) is 0 Å². The van der Waals surface area contributed by atoms with Crippen molar-refractivity contribution in [2.24, 2.45) is 11.5 Å². The second-order valence-electron chi connectivity index (χ2n) is 7.66.